The highest BCUT2D eigenvalue weighted by atomic mass is 16.5. The number of ether oxygens (including phenoxy) is 2. The van der Waals surface area contributed by atoms with Crippen molar-refractivity contribution in [1.82, 2.24) is 0 Å². The fraction of sp³-hybridized carbons (Fsp3) is 0.333. The summed E-state index contributed by atoms with van der Waals surface area (Å²) < 4.78 is 11.0. The first-order chi connectivity index (χ1) is 6.77. The third-order valence-electron chi connectivity index (χ3n) is 2.66. The fourth-order valence-electron chi connectivity index (χ4n) is 1.81. The number of hydrogen-bond donors (Lipinski definition) is 0. The van der Waals surface area contributed by atoms with Crippen LogP contribution in [0.25, 0.3) is 0 Å². The first-order valence-corrected chi connectivity index (χ1v) is 4.71. The monoisotopic (exact) mass is 190 g/mol. The Balaban J connectivity index is 2.38. The van der Waals surface area contributed by atoms with Gasteiger partial charge in [-0.1, -0.05) is 30.3 Å². The van der Waals surface area contributed by atoms with E-state index in [1.165, 1.54) is 0 Å². The Morgan fingerprint density at radius 2 is 2.00 bits per heavy atom. The number of hydrogen-bond acceptors (Lipinski definition) is 2. The largest absolute Gasteiger partial charge is 0.498 e. The van der Waals surface area contributed by atoms with Crippen molar-refractivity contribution in [2.75, 3.05) is 13.7 Å². The molecule has 1 aliphatic heterocycles. The first kappa shape index (κ1) is 9.28. The van der Waals surface area contributed by atoms with Gasteiger partial charge >= 0.3 is 0 Å². The molecule has 74 valence electrons. The second kappa shape index (κ2) is 3.46. The smallest absolute Gasteiger partial charge is 0.147 e. The van der Waals surface area contributed by atoms with Crippen molar-refractivity contribution >= 4 is 0 Å². The van der Waals surface area contributed by atoms with E-state index in [-0.39, 0.29) is 0 Å². The van der Waals surface area contributed by atoms with Crippen LogP contribution < -0.4 is 0 Å². The van der Waals surface area contributed by atoms with Gasteiger partial charge in [0.1, 0.15) is 11.4 Å². The highest BCUT2D eigenvalue weighted by molar-refractivity contribution is 5.31. The number of methoxy groups -OCH3 is 1. The van der Waals surface area contributed by atoms with Gasteiger partial charge in [0.2, 0.25) is 0 Å². The zero-order valence-corrected chi connectivity index (χ0v) is 8.49. The first-order valence-electron chi connectivity index (χ1n) is 4.71. The van der Waals surface area contributed by atoms with E-state index in [2.05, 4.69) is 12.1 Å². The van der Waals surface area contributed by atoms with Crippen LogP contribution in [0, 0.1) is 0 Å². The molecular formula is C12H14O2. The van der Waals surface area contributed by atoms with Crippen LogP contribution >= 0.6 is 0 Å². The van der Waals surface area contributed by atoms with Gasteiger partial charge in [-0.15, -0.1) is 0 Å². The van der Waals surface area contributed by atoms with Gasteiger partial charge in [0.15, 0.2) is 0 Å². The average molecular weight is 190 g/mol. The van der Waals surface area contributed by atoms with E-state index in [0.29, 0.717) is 6.61 Å². The van der Waals surface area contributed by atoms with Gasteiger partial charge in [-0.2, -0.15) is 0 Å². The maximum absolute atomic E-state index is 5.71. The van der Waals surface area contributed by atoms with Gasteiger partial charge in [0, 0.05) is 0 Å². The summed E-state index contributed by atoms with van der Waals surface area (Å²) in [6.07, 6.45) is 1.98. The molecule has 0 radical (unpaired) electrons. The van der Waals surface area contributed by atoms with E-state index in [0.717, 1.165) is 11.3 Å². The summed E-state index contributed by atoms with van der Waals surface area (Å²) in [5.74, 6) is 0.892. The maximum Gasteiger partial charge on any atom is 0.147 e. The van der Waals surface area contributed by atoms with Gasteiger partial charge < -0.3 is 9.47 Å². The molecule has 0 aromatic heterocycles. The molecule has 1 aromatic rings. The molecule has 0 spiro atoms. The Morgan fingerprint density at radius 1 is 1.29 bits per heavy atom. The fourth-order valence-corrected chi connectivity index (χ4v) is 1.81. The minimum Gasteiger partial charge on any atom is -0.498 e. The van der Waals surface area contributed by atoms with Crippen molar-refractivity contribution in [3.8, 4) is 0 Å². The second-order valence-corrected chi connectivity index (χ2v) is 3.48. The van der Waals surface area contributed by atoms with Gasteiger partial charge in [-0.05, 0) is 18.6 Å². The topological polar surface area (TPSA) is 18.5 Å². The van der Waals surface area contributed by atoms with Crippen LogP contribution in [0.2, 0.25) is 0 Å². The molecule has 14 heavy (non-hydrogen) atoms. The van der Waals surface area contributed by atoms with Crippen LogP contribution in [0.1, 0.15) is 12.5 Å². The minimum absolute atomic E-state index is 0.407. The lowest BCUT2D eigenvalue weighted by atomic mass is 9.94. The van der Waals surface area contributed by atoms with Crippen LogP contribution in [0.4, 0.5) is 0 Å². The van der Waals surface area contributed by atoms with Crippen LogP contribution in [0.15, 0.2) is 42.2 Å². The molecule has 2 rings (SSSR count). The van der Waals surface area contributed by atoms with E-state index in [4.69, 9.17) is 9.47 Å². The van der Waals surface area contributed by atoms with E-state index in [9.17, 15) is 0 Å². The summed E-state index contributed by atoms with van der Waals surface area (Å²) in [7, 11) is 1.68. The number of rotatable bonds is 2. The quantitative estimate of drug-likeness (QED) is 0.713. The van der Waals surface area contributed by atoms with Crippen LogP contribution in [-0.2, 0) is 15.1 Å². The summed E-state index contributed by atoms with van der Waals surface area (Å²) in [4.78, 5) is 0. The average Bonchev–Trinajstić information content (AvgIpc) is 2.62. The van der Waals surface area contributed by atoms with Crippen LogP contribution in [0.3, 0.4) is 0 Å². The Labute approximate surface area is 84.2 Å². The van der Waals surface area contributed by atoms with E-state index in [1.807, 2.05) is 31.2 Å². The maximum atomic E-state index is 5.71. The molecule has 0 amide bonds. The third-order valence-corrected chi connectivity index (χ3v) is 2.66. The van der Waals surface area contributed by atoms with Crippen molar-refractivity contribution < 1.29 is 9.47 Å². The summed E-state index contributed by atoms with van der Waals surface area (Å²) in [6.45, 7) is 2.65. The molecule has 1 aliphatic rings. The summed E-state index contributed by atoms with van der Waals surface area (Å²) in [6, 6.07) is 10.1. The zero-order valence-electron chi connectivity index (χ0n) is 8.49. The van der Waals surface area contributed by atoms with Crippen molar-refractivity contribution in [3.63, 3.8) is 0 Å². The molecule has 0 N–H and O–H groups in total. The summed E-state index contributed by atoms with van der Waals surface area (Å²) >= 11 is 0. The Kier molecular flexibility index (Phi) is 2.30. The molecule has 2 nitrogen and oxygen atoms in total. The van der Waals surface area contributed by atoms with E-state index < -0.39 is 5.60 Å². The van der Waals surface area contributed by atoms with Crippen LogP contribution in [0.5, 0.6) is 0 Å². The third kappa shape index (κ3) is 1.32. The summed E-state index contributed by atoms with van der Waals surface area (Å²) in [5, 5.41) is 0. The molecule has 0 fully saturated rings. The van der Waals surface area contributed by atoms with Crippen molar-refractivity contribution in [2.45, 2.75) is 12.5 Å². The lowest BCUT2D eigenvalue weighted by Gasteiger charge is -2.26. The molecule has 0 bridgehead atoms. The molecule has 0 saturated carbocycles. The van der Waals surface area contributed by atoms with Gasteiger partial charge in [0.25, 0.3) is 0 Å². The molecule has 2 heteroatoms. The van der Waals surface area contributed by atoms with Crippen molar-refractivity contribution in [1.29, 1.82) is 0 Å². The minimum atomic E-state index is -0.407. The molecule has 0 aliphatic carbocycles. The van der Waals surface area contributed by atoms with E-state index >= 15 is 0 Å². The normalized spacial score (nSPS) is 26.0. The predicted molar refractivity (Wildman–Crippen MR) is 54.8 cm³/mol. The van der Waals surface area contributed by atoms with Crippen molar-refractivity contribution in [3.05, 3.63) is 47.7 Å². The highest BCUT2D eigenvalue weighted by Gasteiger charge is 2.36. The Bertz CT molecular complexity index is 343. The van der Waals surface area contributed by atoms with Gasteiger partial charge in [0.05, 0.1) is 13.7 Å². The molecule has 1 aromatic carbocycles. The summed E-state index contributed by atoms with van der Waals surface area (Å²) in [5.41, 5.74) is 0.723. The van der Waals surface area contributed by atoms with Gasteiger partial charge in [-0.3, -0.25) is 0 Å². The standard InChI is InChI=1S/C12H14O2/c1-12(10-6-4-3-5-7-10)11(13-2)8-9-14-12/h3-8H,9H2,1-2H3/t12-/m0/s1. The highest BCUT2D eigenvalue weighted by Crippen LogP contribution is 2.37. The van der Waals surface area contributed by atoms with Crippen LogP contribution in [-0.4, -0.2) is 13.7 Å². The van der Waals surface area contributed by atoms with Crippen molar-refractivity contribution in [2.24, 2.45) is 0 Å². The SMILES string of the molecule is COC1=CCO[C@@]1(C)c1ccccc1. The second-order valence-electron chi connectivity index (χ2n) is 3.48. The Morgan fingerprint density at radius 3 is 2.64 bits per heavy atom. The Hall–Kier alpha value is -1.28. The number of benzene rings is 1. The zero-order chi connectivity index (χ0) is 10.0. The van der Waals surface area contributed by atoms with E-state index in [1.54, 1.807) is 7.11 Å². The molecule has 1 atom stereocenters. The molecule has 0 unspecified atom stereocenters. The molecular weight excluding hydrogens is 176 g/mol. The molecule has 1 heterocycles. The predicted octanol–water partition coefficient (Wildman–Crippen LogP) is 2.46. The van der Waals surface area contributed by atoms with Gasteiger partial charge in [-0.25, -0.2) is 0 Å². The lowest BCUT2D eigenvalue weighted by Crippen LogP contribution is -2.24. The lowest BCUT2D eigenvalue weighted by molar-refractivity contribution is -0.00248. The molecule has 0 saturated heterocycles.